The van der Waals surface area contributed by atoms with Gasteiger partial charge in [-0.1, -0.05) is 25.3 Å². The first-order chi connectivity index (χ1) is 12.9. The number of nitrogens with two attached hydrogens (primary N) is 1. The molecule has 1 aliphatic carbocycles. The summed E-state index contributed by atoms with van der Waals surface area (Å²) in [6.45, 7) is 0. The van der Waals surface area contributed by atoms with Crippen LogP contribution in [0, 0.1) is 11.6 Å². The largest absolute Gasteiger partial charge is 0.467 e. The van der Waals surface area contributed by atoms with Crippen molar-refractivity contribution in [1.29, 1.82) is 0 Å². The number of halogens is 2. The Balaban J connectivity index is 1.87. The van der Waals surface area contributed by atoms with Crippen molar-refractivity contribution in [1.82, 2.24) is 5.32 Å². The number of esters is 1. The average molecular weight is 394 g/mol. The number of carbonyl (C=O) groups is 2. The van der Waals surface area contributed by atoms with Crippen LogP contribution in [0.2, 0.25) is 0 Å². The van der Waals surface area contributed by atoms with Crippen molar-refractivity contribution >= 4 is 28.9 Å². The second-order valence-corrected chi connectivity index (χ2v) is 7.66. The van der Waals surface area contributed by atoms with Gasteiger partial charge in [0.1, 0.15) is 10.4 Å². The summed E-state index contributed by atoms with van der Waals surface area (Å²) in [5.74, 6) is -2.86. The fourth-order valence-corrected chi connectivity index (χ4v) is 4.35. The van der Waals surface area contributed by atoms with Gasteiger partial charge in [-0.3, -0.25) is 4.79 Å². The molecule has 5 nitrogen and oxygen atoms in total. The van der Waals surface area contributed by atoms with Crippen molar-refractivity contribution in [2.75, 3.05) is 12.8 Å². The number of nitrogen functional groups attached to an aromatic ring is 1. The van der Waals surface area contributed by atoms with E-state index in [9.17, 15) is 18.4 Å². The molecule has 0 spiro atoms. The minimum atomic E-state index is -1.05. The Kier molecular flexibility index (Phi) is 5.46. The SMILES string of the molecule is COC(=O)C1(NC(=O)c2sc(-c3ccc(F)c(F)c3)cc2N)CCCCC1. The summed E-state index contributed by atoms with van der Waals surface area (Å²) in [6, 6.07) is 5.04. The van der Waals surface area contributed by atoms with Gasteiger partial charge in [-0.05, 0) is 36.6 Å². The highest BCUT2D eigenvalue weighted by Gasteiger charge is 2.42. The molecule has 27 heavy (non-hydrogen) atoms. The van der Waals surface area contributed by atoms with E-state index in [4.69, 9.17) is 10.5 Å². The van der Waals surface area contributed by atoms with Crippen LogP contribution in [0.15, 0.2) is 24.3 Å². The zero-order valence-electron chi connectivity index (χ0n) is 14.8. The third-order valence-corrected chi connectivity index (χ3v) is 6.01. The first-order valence-electron chi connectivity index (χ1n) is 8.62. The minimum absolute atomic E-state index is 0.216. The summed E-state index contributed by atoms with van der Waals surface area (Å²) < 4.78 is 31.5. The Bertz CT molecular complexity index is 876. The number of ether oxygens (including phenoxy) is 1. The van der Waals surface area contributed by atoms with Crippen LogP contribution in [0.4, 0.5) is 14.5 Å². The predicted molar refractivity (Wildman–Crippen MR) is 99.4 cm³/mol. The number of hydrogen-bond acceptors (Lipinski definition) is 5. The Morgan fingerprint density at radius 1 is 1.15 bits per heavy atom. The van der Waals surface area contributed by atoms with Gasteiger partial charge >= 0.3 is 5.97 Å². The minimum Gasteiger partial charge on any atom is -0.467 e. The summed E-state index contributed by atoms with van der Waals surface area (Å²) in [4.78, 5) is 25.9. The van der Waals surface area contributed by atoms with Crippen LogP contribution in [-0.2, 0) is 9.53 Å². The molecule has 1 saturated carbocycles. The van der Waals surface area contributed by atoms with Crippen molar-refractivity contribution in [3.8, 4) is 10.4 Å². The van der Waals surface area contributed by atoms with Gasteiger partial charge in [-0.15, -0.1) is 11.3 Å². The van der Waals surface area contributed by atoms with Crippen molar-refractivity contribution < 1.29 is 23.1 Å². The topological polar surface area (TPSA) is 81.4 Å². The molecule has 2 aromatic rings. The first kappa shape index (κ1) is 19.3. The summed E-state index contributed by atoms with van der Waals surface area (Å²) in [5.41, 5.74) is 5.55. The Labute approximate surface area is 159 Å². The van der Waals surface area contributed by atoms with Gasteiger partial charge in [0, 0.05) is 4.88 Å². The van der Waals surface area contributed by atoms with Crippen LogP contribution >= 0.6 is 11.3 Å². The fourth-order valence-electron chi connectivity index (χ4n) is 3.38. The van der Waals surface area contributed by atoms with E-state index in [1.165, 1.54) is 19.2 Å². The van der Waals surface area contributed by atoms with Crippen LogP contribution < -0.4 is 11.1 Å². The maximum atomic E-state index is 13.5. The van der Waals surface area contributed by atoms with Crippen LogP contribution in [0.3, 0.4) is 0 Å². The molecule has 3 N–H and O–H groups in total. The Morgan fingerprint density at radius 2 is 1.85 bits per heavy atom. The molecule has 1 aliphatic rings. The van der Waals surface area contributed by atoms with Crippen molar-refractivity contribution in [3.05, 3.63) is 40.8 Å². The second-order valence-electron chi connectivity index (χ2n) is 6.61. The number of methoxy groups -OCH3 is 1. The molecule has 8 heteroatoms. The zero-order valence-corrected chi connectivity index (χ0v) is 15.6. The van der Waals surface area contributed by atoms with E-state index in [0.717, 1.165) is 42.7 Å². The molecular weight excluding hydrogens is 374 g/mol. The first-order valence-corrected chi connectivity index (χ1v) is 9.43. The molecule has 0 unspecified atom stereocenters. The molecule has 3 rings (SSSR count). The lowest BCUT2D eigenvalue weighted by atomic mass is 9.81. The van der Waals surface area contributed by atoms with E-state index < -0.39 is 29.0 Å². The number of amides is 1. The highest BCUT2D eigenvalue weighted by Crippen LogP contribution is 2.35. The molecular formula is C19H20F2N2O3S. The molecule has 0 saturated heterocycles. The number of carbonyl (C=O) groups excluding carboxylic acids is 2. The Hall–Kier alpha value is -2.48. The summed E-state index contributed by atoms with van der Waals surface area (Å²) in [7, 11) is 1.30. The zero-order chi connectivity index (χ0) is 19.6. The van der Waals surface area contributed by atoms with Crippen molar-refractivity contribution in [2.45, 2.75) is 37.6 Å². The molecule has 0 atom stereocenters. The molecule has 0 radical (unpaired) electrons. The van der Waals surface area contributed by atoms with E-state index in [-0.39, 0.29) is 10.6 Å². The normalized spacial score (nSPS) is 16.0. The van der Waals surface area contributed by atoms with E-state index >= 15 is 0 Å². The van der Waals surface area contributed by atoms with Gasteiger partial charge in [0.15, 0.2) is 11.6 Å². The molecule has 1 amide bonds. The second kappa shape index (κ2) is 7.64. The lowest BCUT2D eigenvalue weighted by molar-refractivity contribution is -0.149. The van der Waals surface area contributed by atoms with Crippen molar-refractivity contribution in [3.63, 3.8) is 0 Å². The number of anilines is 1. The third kappa shape index (κ3) is 3.80. The van der Waals surface area contributed by atoms with Gasteiger partial charge in [-0.2, -0.15) is 0 Å². The van der Waals surface area contributed by atoms with Gasteiger partial charge in [-0.25, -0.2) is 13.6 Å². The number of rotatable bonds is 4. The van der Waals surface area contributed by atoms with Crippen LogP contribution in [-0.4, -0.2) is 24.5 Å². The van der Waals surface area contributed by atoms with Gasteiger partial charge in [0.05, 0.1) is 12.8 Å². The van der Waals surface area contributed by atoms with Crippen molar-refractivity contribution in [2.24, 2.45) is 0 Å². The standard InChI is InChI=1S/C19H20F2N2O3S/c1-26-18(25)19(7-3-2-4-8-19)23-17(24)16-14(22)10-15(27-16)11-5-6-12(20)13(21)9-11/h5-6,9-10H,2-4,7-8,22H2,1H3,(H,23,24). The van der Waals surface area contributed by atoms with E-state index in [2.05, 4.69) is 5.32 Å². The van der Waals surface area contributed by atoms with Gasteiger partial charge in [0.2, 0.25) is 0 Å². The van der Waals surface area contributed by atoms with E-state index in [1.807, 2.05) is 0 Å². The van der Waals surface area contributed by atoms with Crippen LogP contribution in [0.5, 0.6) is 0 Å². The van der Waals surface area contributed by atoms with Gasteiger partial charge in [0.25, 0.3) is 5.91 Å². The lowest BCUT2D eigenvalue weighted by Crippen LogP contribution is -2.56. The molecule has 1 aromatic heterocycles. The maximum absolute atomic E-state index is 13.5. The summed E-state index contributed by atoms with van der Waals surface area (Å²) >= 11 is 1.06. The van der Waals surface area contributed by atoms with Crippen LogP contribution in [0.25, 0.3) is 10.4 Å². The number of nitrogens with one attached hydrogen (secondary N) is 1. The maximum Gasteiger partial charge on any atom is 0.331 e. The molecule has 0 bridgehead atoms. The smallest absolute Gasteiger partial charge is 0.331 e. The van der Waals surface area contributed by atoms with E-state index in [1.54, 1.807) is 0 Å². The van der Waals surface area contributed by atoms with Gasteiger partial charge < -0.3 is 15.8 Å². The lowest BCUT2D eigenvalue weighted by Gasteiger charge is -2.35. The molecule has 144 valence electrons. The quantitative estimate of drug-likeness (QED) is 0.771. The number of benzene rings is 1. The average Bonchev–Trinajstić information content (AvgIpc) is 3.06. The highest BCUT2D eigenvalue weighted by atomic mass is 32.1. The monoisotopic (exact) mass is 394 g/mol. The Morgan fingerprint density at radius 3 is 2.48 bits per heavy atom. The fraction of sp³-hybridized carbons (Fsp3) is 0.368. The molecule has 0 aliphatic heterocycles. The summed E-state index contributed by atoms with van der Waals surface area (Å²) in [5, 5.41) is 2.81. The number of hydrogen-bond donors (Lipinski definition) is 2. The highest BCUT2D eigenvalue weighted by molar-refractivity contribution is 7.18. The predicted octanol–water partition coefficient (Wildman–Crippen LogP) is 3.88. The van der Waals surface area contributed by atoms with Crippen LogP contribution in [0.1, 0.15) is 41.8 Å². The molecule has 1 fully saturated rings. The molecule has 1 aromatic carbocycles. The number of thiophene rings is 1. The van der Waals surface area contributed by atoms with E-state index in [0.29, 0.717) is 23.3 Å². The molecule has 1 heterocycles. The summed E-state index contributed by atoms with van der Waals surface area (Å²) in [6.07, 6.45) is 3.64. The third-order valence-electron chi connectivity index (χ3n) is 4.81.